The van der Waals surface area contributed by atoms with E-state index in [0.29, 0.717) is 17.7 Å². The summed E-state index contributed by atoms with van der Waals surface area (Å²) in [4.78, 5) is 13.9. The molecular formula is C22H24O3S. The summed E-state index contributed by atoms with van der Waals surface area (Å²) >= 11 is 1.27. The Hall–Kier alpha value is -2.20. The molecule has 1 N–H and O–H groups in total. The minimum Gasteiger partial charge on any atom is -0.511 e. The van der Waals surface area contributed by atoms with Crippen LogP contribution in [0.3, 0.4) is 0 Å². The van der Waals surface area contributed by atoms with Gasteiger partial charge in [0.1, 0.15) is 16.3 Å². The largest absolute Gasteiger partial charge is 0.511 e. The van der Waals surface area contributed by atoms with Crippen molar-refractivity contribution in [1.82, 2.24) is 0 Å². The van der Waals surface area contributed by atoms with E-state index in [0.717, 1.165) is 24.2 Å². The summed E-state index contributed by atoms with van der Waals surface area (Å²) in [5.74, 6) is -0.263. The second-order valence-electron chi connectivity index (χ2n) is 6.68. The van der Waals surface area contributed by atoms with E-state index in [1.54, 1.807) is 0 Å². The minimum atomic E-state index is -0.619. The lowest BCUT2D eigenvalue weighted by molar-refractivity contribution is -0.159. The summed E-state index contributed by atoms with van der Waals surface area (Å²) in [6.45, 7) is 2.08. The Bertz CT molecular complexity index is 770. The third-order valence-electron chi connectivity index (χ3n) is 4.63. The molecule has 3 nitrogen and oxygen atoms in total. The van der Waals surface area contributed by atoms with Crippen molar-refractivity contribution >= 4 is 17.7 Å². The molecule has 0 saturated heterocycles. The van der Waals surface area contributed by atoms with Gasteiger partial charge in [0.15, 0.2) is 0 Å². The average molecular weight is 368 g/mol. The first-order chi connectivity index (χ1) is 12.6. The number of hydrogen-bond donors (Lipinski definition) is 1. The Morgan fingerprint density at radius 1 is 1.04 bits per heavy atom. The van der Waals surface area contributed by atoms with Crippen molar-refractivity contribution in [1.29, 1.82) is 0 Å². The predicted molar refractivity (Wildman–Crippen MR) is 105 cm³/mol. The maximum Gasteiger partial charge on any atom is 0.349 e. The standard InChI is InChI=1S/C22H24O3S/c1-2-14-22(15-13-17-9-5-3-6-10-17)16-19(23)20(21(24)25-22)26-18-11-7-4-8-12-18/h3-12,23H,2,13-16H2,1H3. The monoisotopic (exact) mass is 368 g/mol. The highest BCUT2D eigenvalue weighted by molar-refractivity contribution is 8.04. The fraction of sp³-hybridized carbons (Fsp3) is 0.318. The highest BCUT2D eigenvalue weighted by Crippen LogP contribution is 2.41. The molecule has 2 aromatic carbocycles. The fourth-order valence-electron chi connectivity index (χ4n) is 3.37. The Balaban J connectivity index is 1.77. The van der Waals surface area contributed by atoms with E-state index in [9.17, 15) is 9.90 Å². The van der Waals surface area contributed by atoms with E-state index in [1.807, 2.05) is 48.5 Å². The number of aliphatic hydroxyl groups is 1. The van der Waals surface area contributed by atoms with Crippen molar-refractivity contribution in [2.75, 3.05) is 0 Å². The van der Waals surface area contributed by atoms with Crippen LogP contribution in [0.15, 0.2) is 76.2 Å². The number of aryl methyl sites for hydroxylation is 1. The van der Waals surface area contributed by atoms with Crippen molar-refractivity contribution in [2.24, 2.45) is 0 Å². The number of carbonyl (C=O) groups is 1. The molecule has 1 unspecified atom stereocenters. The summed E-state index contributed by atoms with van der Waals surface area (Å²) in [6, 6.07) is 19.8. The lowest BCUT2D eigenvalue weighted by Crippen LogP contribution is -2.40. The number of hydrogen-bond acceptors (Lipinski definition) is 4. The predicted octanol–water partition coefficient (Wildman–Crippen LogP) is 5.67. The van der Waals surface area contributed by atoms with E-state index < -0.39 is 11.6 Å². The van der Waals surface area contributed by atoms with Crippen molar-refractivity contribution in [2.45, 2.75) is 49.5 Å². The molecule has 4 heteroatoms. The number of esters is 1. The van der Waals surface area contributed by atoms with Gasteiger partial charge in [-0.2, -0.15) is 0 Å². The van der Waals surface area contributed by atoms with Gasteiger partial charge in [-0.3, -0.25) is 0 Å². The first-order valence-electron chi connectivity index (χ1n) is 9.04. The van der Waals surface area contributed by atoms with Gasteiger partial charge >= 0.3 is 5.97 Å². The zero-order valence-corrected chi connectivity index (χ0v) is 15.8. The van der Waals surface area contributed by atoms with Crippen LogP contribution in [-0.2, 0) is 16.0 Å². The highest BCUT2D eigenvalue weighted by atomic mass is 32.2. The molecule has 2 aromatic rings. The van der Waals surface area contributed by atoms with Crippen molar-refractivity contribution in [3.8, 4) is 0 Å². The number of aliphatic hydroxyl groups excluding tert-OH is 1. The number of thioether (sulfide) groups is 1. The second kappa shape index (κ2) is 8.45. The van der Waals surface area contributed by atoms with Gasteiger partial charge in [0.05, 0.1) is 0 Å². The maximum absolute atomic E-state index is 12.6. The van der Waals surface area contributed by atoms with Gasteiger partial charge in [0.25, 0.3) is 0 Å². The Kier molecular flexibility index (Phi) is 6.04. The van der Waals surface area contributed by atoms with Crippen molar-refractivity contribution < 1.29 is 14.6 Å². The number of cyclic esters (lactones) is 1. The molecule has 1 atom stereocenters. The maximum atomic E-state index is 12.6. The number of benzene rings is 2. The van der Waals surface area contributed by atoms with Crippen LogP contribution in [0.2, 0.25) is 0 Å². The molecule has 26 heavy (non-hydrogen) atoms. The Morgan fingerprint density at radius 2 is 1.69 bits per heavy atom. The van der Waals surface area contributed by atoms with Crippen LogP contribution < -0.4 is 0 Å². The molecule has 1 aliphatic rings. The van der Waals surface area contributed by atoms with Crippen LogP contribution in [0.4, 0.5) is 0 Å². The molecule has 0 amide bonds. The number of carbonyl (C=O) groups excluding carboxylic acids is 1. The molecule has 0 aliphatic carbocycles. The molecule has 0 saturated carbocycles. The molecular weight excluding hydrogens is 344 g/mol. The molecule has 0 radical (unpaired) electrons. The molecule has 0 fully saturated rings. The van der Waals surface area contributed by atoms with Gasteiger partial charge in [-0.1, -0.05) is 73.6 Å². The molecule has 1 heterocycles. The van der Waals surface area contributed by atoms with Gasteiger partial charge in [-0.15, -0.1) is 0 Å². The normalized spacial score (nSPS) is 20.1. The quantitative estimate of drug-likeness (QED) is 0.640. The van der Waals surface area contributed by atoms with Gasteiger partial charge in [-0.05, 0) is 37.0 Å². The lowest BCUT2D eigenvalue weighted by atomic mass is 9.85. The summed E-state index contributed by atoms with van der Waals surface area (Å²) in [5, 5.41) is 10.6. The third kappa shape index (κ3) is 4.50. The first kappa shape index (κ1) is 18.6. The van der Waals surface area contributed by atoms with E-state index >= 15 is 0 Å². The smallest absolute Gasteiger partial charge is 0.349 e. The zero-order valence-electron chi connectivity index (χ0n) is 15.0. The molecule has 0 bridgehead atoms. The summed E-state index contributed by atoms with van der Waals surface area (Å²) in [7, 11) is 0. The third-order valence-corrected chi connectivity index (χ3v) is 5.74. The first-order valence-corrected chi connectivity index (χ1v) is 9.86. The lowest BCUT2D eigenvalue weighted by Gasteiger charge is -2.37. The molecule has 1 aliphatic heterocycles. The van der Waals surface area contributed by atoms with Crippen LogP contribution in [0.5, 0.6) is 0 Å². The number of rotatable bonds is 7. The van der Waals surface area contributed by atoms with Crippen LogP contribution in [0.25, 0.3) is 0 Å². The molecule has 0 aromatic heterocycles. The SMILES string of the molecule is CCCC1(CCc2ccccc2)CC(O)=C(Sc2ccccc2)C(=O)O1. The topological polar surface area (TPSA) is 46.5 Å². The Labute approximate surface area is 159 Å². The highest BCUT2D eigenvalue weighted by Gasteiger charge is 2.41. The molecule has 136 valence electrons. The zero-order chi connectivity index (χ0) is 18.4. The van der Waals surface area contributed by atoms with Gasteiger partial charge < -0.3 is 9.84 Å². The van der Waals surface area contributed by atoms with E-state index in [4.69, 9.17) is 4.74 Å². The molecule has 0 spiro atoms. The number of ether oxygens (including phenoxy) is 1. The van der Waals surface area contributed by atoms with E-state index in [2.05, 4.69) is 19.1 Å². The van der Waals surface area contributed by atoms with Gasteiger partial charge in [0, 0.05) is 11.3 Å². The Morgan fingerprint density at radius 3 is 2.31 bits per heavy atom. The van der Waals surface area contributed by atoms with Crippen molar-refractivity contribution in [3.05, 3.63) is 76.9 Å². The fourth-order valence-corrected chi connectivity index (χ4v) is 4.21. The molecule has 3 rings (SSSR count). The summed E-state index contributed by atoms with van der Waals surface area (Å²) in [5.41, 5.74) is 0.596. The van der Waals surface area contributed by atoms with Crippen LogP contribution in [-0.4, -0.2) is 16.7 Å². The average Bonchev–Trinajstić information content (AvgIpc) is 2.65. The second-order valence-corrected chi connectivity index (χ2v) is 7.76. The van der Waals surface area contributed by atoms with Crippen LogP contribution in [0.1, 0.15) is 38.2 Å². The van der Waals surface area contributed by atoms with Gasteiger partial charge in [-0.25, -0.2) is 4.79 Å². The summed E-state index contributed by atoms with van der Waals surface area (Å²) < 4.78 is 5.91. The van der Waals surface area contributed by atoms with Crippen LogP contribution in [0, 0.1) is 0 Å². The van der Waals surface area contributed by atoms with E-state index in [-0.39, 0.29) is 5.76 Å². The summed E-state index contributed by atoms with van der Waals surface area (Å²) in [6.07, 6.45) is 3.57. The van der Waals surface area contributed by atoms with E-state index in [1.165, 1.54) is 17.3 Å². The van der Waals surface area contributed by atoms with Crippen molar-refractivity contribution in [3.63, 3.8) is 0 Å². The van der Waals surface area contributed by atoms with Crippen LogP contribution >= 0.6 is 11.8 Å². The minimum absolute atomic E-state index is 0.150. The van der Waals surface area contributed by atoms with Gasteiger partial charge in [0.2, 0.25) is 0 Å².